The Morgan fingerprint density at radius 1 is 0.417 bits per heavy atom. The Bertz CT molecular complexity index is 1740. The van der Waals surface area contributed by atoms with Crippen molar-refractivity contribution in [3.8, 4) is 0 Å². The van der Waals surface area contributed by atoms with Gasteiger partial charge in [-0.25, -0.2) is 4.57 Å². The molecule has 9 heteroatoms. The molecule has 84 heavy (non-hydrogen) atoms. The number of hydrogen-bond donors (Lipinski definition) is 3. The molecule has 0 aliphatic heterocycles. The third-order valence-corrected chi connectivity index (χ3v) is 16.5. The number of unbranched alkanes of at least 4 members (excludes halogenated alkanes) is 35. The fourth-order valence-electron chi connectivity index (χ4n) is 10.0. The van der Waals surface area contributed by atoms with E-state index in [0.717, 1.165) is 83.5 Å². The predicted molar refractivity (Wildman–Crippen MR) is 369 cm³/mol. The van der Waals surface area contributed by atoms with E-state index in [9.17, 15) is 19.4 Å². The number of aliphatic hydroxyl groups is 1. The van der Waals surface area contributed by atoms with Crippen LogP contribution in [-0.4, -0.2) is 73.4 Å². The summed E-state index contributed by atoms with van der Waals surface area (Å²) >= 11 is 0. The van der Waals surface area contributed by atoms with Crippen molar-refractivity contribution >= 4 is 13.7 Å². The molecule has 3 unspecified atom stereocenters. The Morgan fingerprint density at radius 3 is 1.10 bits per heavy atom. The number of phosphoric ester groups is 1. The number of nitrogens with zero attached hydrogens (tertiary/aromatic N) is 1. The molecule has 0 bridgehead atoms. The van der Waals surface area contributed by atoms with E-state index in [4.69, 9.17) is 9.05 Å². The molecule has 0 aliphatic carbocycles. The van der Waals surface area contributed by atoms with Crippen LogP contribution in [0.25, 0.3) is 0 Å². The van der Waals surface area contributed by atoms with Crippen LogP contribution in [0.4, 0.5) is 0 Å². The standard InChI is InChI=1S/C75H135N2O6P/c1-6-8-10-12-14-16-18-20-22-24-26-28-29-30-31-32-33-34-35-36-37-38-39-40-41-42-43-44-45-46-47-49-51-53-55-57-59-61-63-65-67-69-75(79)76-73(72-83-84(80,81)82-71-70-77(3,4)5)74(78)68-66-64-62-60-58-56-54-52-50-48-27-25-23-21-19-17-15-13-11-9-7-2/h8,10,14,16,20,22,26,28,30-31,33-34,36-37,58,60,66,68,73-74,78H,6-7,9,11-13,15,17-19,21,23-25,27,29,32,35,38-57,59,61-65,67,69-72H2,1-5H3,(H-,76,79,80,81)/p+1/b10-8-,16-14-,22-20-,28-26-,31-30-,34-33-,37-36-,60-58+,68-66+. The molecule has 0 saturated heterocycles. The summed E-state index contributed by atoms with van der Waals surface area (Å²) in [6.45, 7) is 4.71. The normalized spacial score (nSPS) is 14.3. The van der Waals surface area contributed by atoms with Crippen molar-refractivity contribution in [3.05, 3.63) is 109 Å². The van der Waals surface area contributed by atoms with Gasteiger partial charge in [0, 0.05) is 6.42 Å². The van der Waals surface area contributed by atoms with Crippen LogP contribution < -0.4 is 5.32 Å². The first kappa shape index (κ1) is 81.2. The molecule has 0 radical (unpaired) electrons. The van der Waals surface area contributed by atoms with Gasteiger partial charge in [-0.3, -0.25) is 13.8 Å². The highest BCUT2D eigenvalue weighted by molar-refractivity contribution is 7.47. The van der Waals surface area contributed by atoms with Crippen LogP contribution in [0.15, 0.2) is 109 Å². The van der Waals surface area contributed by atoms with Crippen molar-refractivity contribution in [3.63, 3.8) is 0 Å². The predicted octanol–water partition coefficient (Wildman–Crippen LogP) is 22.7. The first-order valence-electron chi connectivity index (χ1n) is 35.3. The monoisotopic (exact) mass is 1190 g/mol. The van der Waals surface area contributed by atoms with Gasteiger partial charge in [0.05, 0.1) is 39.9 Å². The topological polar surface area (TPSA) is 105 Å². The number of amides is 1. The Hall–Kier alpha value is -2.84. The zero-order chi connectivity index (χ0) is 61.2. The molecule has 8 nitrogen and oxygen atoms in total. The van der Waals surface area contributed by atoms with Crippen molar-refractivity contribution in [2.24, 2.45) is 0 Å². The van der Waals surface area contributed by atoms with Gasteiger partial charge < -0.3 is 19.8 Å². The van der Waals surface area contributed by atoms with Gasteiger partial charge in [-0.2, -0.15) is 0 Å². The second kappa shape index (κ2) is 64.6. The summed E-state index contributed by atoms with van der Waals surface area (Å²) in [6.07, 6.45) is 95.3. The van der Waals surface area contributed by atoms with Gasteiger partial charge in [-0.05, 0) is 89.9 Å². The molecule has 1 amide bonds. The van der Waals surface area contributed by atoms with Crippen molar-refractivity contribution < 1.29 is 32.9 Å². The van der Waals surface area contributed by atoms with Gasteiger partial charge in [0.15, 0.2) is 0 Å². The lowest BCUT2D eigenvalue weighted by Gasteiger charge is -2.25. The number of hydrogen-bond acceptors (Lipinski definition) is 5. The number of aliphatic hydroxyl groups excluding tert-OH is 1. The minimum absolute atomic E-state index is 0.0542. The minimum Gasteiger partial charge on any atom is -0.387 e. The summed E-state index contributed by atoms with van der Waals surface area (Å²) in [5, 5.41) is 14.0. The van der Waals surface area contributed by atoms with E-state index < -0.39 is 20.0 Å². The summed E-state index contributed by atoms with van der Waals surface area (Å²) < 4.78 is 23.8. The SMILES string of the molecule is CC/C=C\C/C=C\C/C=C\C/C=C\C/C=C\C/C=C\C/C=C\CCCCCCCCCCCCCCCCCCCCCC(=O)NC(COP(=O)(O)OCC[N+](C)(C)C)C(O)/C=C/CC/C=C/CCCCCCCCCCCCCCCCC. The third-order valence-electron chi connectivity index (χ3n) is 15.5. The number of carbonyl (C=O) groups excluding carboxylic acids is 1. The highest BCUT2D eigenvalue weighted by atomic mass is 31.2. The highest BCUT2D eigenvalue weighted by Gasteiger charge is 2.28. The molecule has 0 spiro atoms. The average Bonchev–Trinajstić information content (AvgIpc) is 3.56. The summed E-state index contributed by atoms with van der Waals surface area (Å²) in [7, 11) is 1.56. The summed E-state index contributed by atoms with van der Waals surface area (Å²) in [6, 6.07) is -0.868. The molecule has 0 aromatic carbocycles. The molecule has 3 atom stereocenters. The molecule has 0 fully saturated rings. The zero-order valence-corrected chi connectivity index (χ0v) is 56.5. The van der Waals surface area contributed by atoms with Crippen molar-refractivity contribution in [1.29, 1.82) is 0 Å². The minimum atomic E-state index is -4.36. The van der Waals surface area contributed by atoms with Crippen LogP contribution >= 0.6 is 7.82 Å². The molecule has 486 valence electrons. The van der Waals surface area contributed by atoms with Crippen LogP contribution in [0.5, 0.6) is 0 Å². The van der Waals surface area contributed by atoms with Crippen molar-refractivity contribution in [2.45, 2.75) is 321 Å². The van der Waals surface area contributed by atoms with Gasteiger partial charge in [0.2, 0.25) is 5.91 Å². The second-order valence-electron chi connectivity index (χ2n) is 24.9. The molecule has 3 N–H and O–H groups in total. The van der Waals surface area contributed by atoms with Gasteiger partial charge >= 0.3 is 7.82 Å². The van der Waals surface area contributed by atoms with E-state index in [2.05, 4.69) is 116 Å². The molecule has 0 aromatic rings. The molecule has 0 aliphatic rings. The maximum atomic E-state index is 13.0. The van der Waals surface area contributed by atoms with Gasteiger partial charge in [0.1, 0.15) is 13.2 Å². The first-order chi connectivity index (χ1) is 41.0. The number of carbonyl (C=O) groups is 1. The number of quaternary nitrogens is 1. The fraction of sp³-hybridized carbons (Fsp3) is 0.747. The zero-order valence-electron chi connectivity index (χ0n) is 55.6. The summed E-state index contributed by atoms with van der Waals surface area (Å²) in [5.74, 6) is -0.185. The maximum Gasteiger partial charge on any atom is 0.472 e. The van der Waals surface area contributed by atoms with Crippen LogP contribution in [0.3, 0.4) is 0 Å². The van der Waals surface area contributed by atoms with E-state index in [1.807, 2.05) is 27.2 Å². The van der Waals surface area contributed by atoms with Crippen LogP contribution in [0.1, 0.15) is 309 Å². The number of likely N-dealkylation sites (N-methyl/N-ethyl adjacent to an activating group) is 1. The third kappa shape index (κ3) is 66.7. The molecule has 0 heterocycles. The lowest BCUT2D eigenvalue weighted by Crippen LogP contribution is -2.45. The molecular formula is C75H136N2O6P+. The van der Waals surface area contributed by atoms with Gasteiger partial charge in [-0.15, -0.1) is 0 Å². The van der Waals surface area contributed by atoms with Gasteiger partial charge in [-0.1, -0.05) is 322 Å². The van der Waals surface area contributed by atoms with Crippen molar-refractivity contribution in [1.82, 2.24) is 5.32 Å². The molecule has 0 aromatic heterocycles. The number of phosphoric acid groups is 1. The number of allylic oxidation sites excluding steroid dienone is 17. The molecular weight excluding hydrogens is 1060 g/mol. The number of nitrogens with one attached hydrogen (secondary N) is 1. The Labute approximate surface area is 521 Å². The lowest BCUT2D eigenvalue weighted by molar-refractivity contribution is -0.870. The highest BCUT2D eigenvalue weighted by Crippen LogP contribution is 2.43. The Balaban J connectivity index is 4.02. The van der Waals surface area contributed by atoms with Crippen LogP contribution in [0, 0.1) is 0 Å². The van der Waals surface area contributed by atoms with E-state index in [0.29, 0.717) is 17.4 Å². The lowest BCUT2D eigenvalue weighted by atomic mass is 10.0. The van der Waals surface area contributed by atoms with E-state index in [1.54, 1.807) is 6.08 Å². The van der Waals surface area contributed by atoms with Crippen LogP contribution in [-0.2, 0) is 18.4 Å². The fourth-order valence-corrected chi connectivity index (χ4v) is 10.8. The van der Waals surface area contributed by atoms with E-state index >= 15 is 0 Å². The smallest absolute Gasteiger partial charge is 0.387 e. The van der Waals surface area contributed by atoms with Gasteiger partial charge in [0.25, 0.3) is 0 Å². The quantitative estimate of drug-likeness (QED) is 0.0243. The first-order valence-corrected chi connectivity index (χ1v) is 36.8. The van der Waals surface area contributed by atoms with Crippen molar-refractivity contribution in [2.75, 3.05) is 40.9 Å². The summed E-state index contributed by atoms with van der Waals surface area (Å²) in [4.78, 5) is 23.4. The Kier molecular flexibility index (Phi) is 62.4. The summed E-state index contributed by atoms with van der Waals surface area (Å²) in [5.41, 5.74) is 0. The number of rotatable bonds is 64. The van der Waals surface area contributed by atoms with Crippen LogP contribution in [0.2, 0.25) is 0 Å². The van der Waals surface area contributed by atoms with E-state index in [-0.39, 0.29) is 19.1 Å². The average molecular weight is 1190 g/mol. The van der Waals surface area contributed by atoms with E-state index in [1.165, 1.54) is 205 Å². The molecule has 0 rings (SSSR count). The molecule has 0 saturated carbocycles. The Morgan fingerprint density at radius 2 is 0.726 bits per heavy atom. The largest absolute Gasteiger partial charge is 0.472 e. The second-order valence-corrected chi connectivity index (χ2v) is 26.3. The maximum absolute atomic E-state index is 13.0.